The number of benzene rings is 2. The van der Waals surface area contributed by atoms with Crippen LogP contribution >= 0.6 is 0 Å². The normalized spacial score (nSPS) is 13.9. The number of halogens is 3. The molecule has 4 heteroatoms. The van der Waals surface area contributed by atoms with Gasteiger partial charge in [0.05, 0.1) is 0 Å². The molecule has 0 aliphatic heterocycles. The summed E-state index contributed by atoms with van der Waals surface area (Å²) in [5.74, 6) is 0. The fraction of sp³-hybridized carbons (Fsp3) is 0.231. The predicted octanol–water partition coefficient (Wildman–Crippen LogP) is 3.74. The lowest BCUT2D eigenvalue weighted by Crippen LogP contribution is -2.20. The molecule has 0 spiro atoms. The molecule has 2 aromatic carbocycles. The van der Waals surface area contributed by atoms with E-state index >= 15 is 0 Å². The van der Waals surface area contributed by atoms with Gasteiger partial charge in [0.15, 0.2) is 6.10 Å². The summed E-state index contributed by atoms with van der Waals surface area (Å²) in [5, 5.41) is 10.5. The van der Waals surface area contributed by atoms with Crippen LogP contribution in [0, 0.1) is 6.92 Å². The number of fused-ring (bicyclic) bond motifs is 1. The van der Waals surface area contributed by atoms with Crippen molar-refractivity contribution in [1.82, 2.24) is 0 Å². The van der Waals surface area contributed by atoms with Crippen LogP contribution in [0.4, 0.5) is 13.2 Å². The van der Waals surface area contributed by atoms with Crippen molar-refractivity contribution in [2.24, 2.45) is 0 Å². The van der Waals surface area contributed by atoms with Crippen molar-refractivity contribution in [3.8, 4) is 0 Å². The van der Waals surface area contributed by atoms with E-state index in [0.29, 0.717) is 5.39 Å². The Balaban J connectivity index is 2.67. The third kappa shape index (κ3) is 2.13. The number of hydrogen-bond donors (Lipinski definition) is 1. The van der Waals surface area contributed by atoms with Crippen LogP contribution in [0.15, 0.2) is 36.4 Å². The molecule has 1 N–H and O–H groups in total. The number of aliphatic hydroxyl groups excluding tert-OH is 1. The summed E-state index contributed by atoms with van der Waals surface area (Å²) >= 11 is 0. The maximum atomic E-state index is 12.5. The number of alkyl halides is 3. The Bertz CT molecular complexity index is 546. The molecular formula is C13H11F3O. The van der Waals surface area contributed by atoms with E-state index in [1.54, 1.807) is 30.3 Å². The second-order valence-corrected chi connectivity index (χ2v) is 3.96. The first kappa shape index (κ1) is 11.9. The quantitative estimate of drug-likeness (QED) is 0.805. The Kier molecular flexibility index (Phi) is 2.83. The minimum Gasteiger partial charge on any atom is -0.379 e. The predicted molar refractivity (Wildman–Crippen MR) is 59.7 cm³/mol. The van der Waals surface area contributed by atoms with Crippen LogP contribution in [0.1, 0.15) is 17.2 Å². The molecule has 1 atom stereocenters. The van der Waals surface area contributed by atoms with Crippen LogP contribution < -0.4 is 0 Å². The van der Waals surface area contributed by atoms with E-state index in [4.69, 9.17) is 0 Å². The number of aliphatic hydroxyl groups is 1. The van der Waals surface area contributed by atoms with Gasteiger partial charge < -0.3 is 5.11 Å². The fourth-order valence-corrected chi connectivity index (χ4v) is 1.89. The second kappa shape index (κ2) is 4.04. The SMILES string of the molecule is Cc1ccc([C@@H](O)C(F)(F)F)c2ccccc12. The smallest absolute Gasteiger partial charge is 0.379 e. The van der Waals surface area contributed by atoms with Gasteiger partial charge in [0, 0.05) is 0 Å². The molecule has 0 heterocycles. The van der Waals surface area contributed by atoms with Crippen molar-refractivity contribution in [3.63, 3.8) is 0 Å². The highest BCUT2D eigenvalue weighted by Gasteiger charge is 2.40. The van der Waals surface area contributed by atoms with Gasteiger partial charge in [-0.25, -0.2) is 0 Å². The average molecular weight is 240 g/mol. The van der Waals surface area contributed by atoms with Gasteiger partial charge in [-0.05, 0) is 28.8 Å². The molecule has 2 rings (SSSR count). The van der Waals surface area contributed by atoms with Crippen LogP contribution in [0.25, 0.3) is 10.8 Å². The Morgan fingerprint density at radius 1 is 1.00 bits per heavy atom. The Hall–Kier alpha value is -1.55. The van der Waals surface area contributed by atoms with Crippen LogP contribution in [0.3, 0.4) is 0 Å². The summed E-state index contributed by atoms with van der Waals surface area (Å²) in [6, 6.07) is 9.68. The molecule has 0 aliphatic rings. The lowest BCUT2D eigenvalue weighted by molar-refractivity contribution is -0.206. The molecular weight excluding hydrogens is 229 g/mol. The van der Waals surface area contributed by atoms with Gasteiger partial charge in [-0.3, -0.25) is 0 Å². The Morgan fingerprint density at radius 2 is 1.59 bits per heavy atom. The van der Waals surface area contributed by atoms with Gasteiger partial charge in [-0.2, -0.15) is 13.2 Å². The third-order valence-electron chi connectivity index (χ3n) is 2.78. The molecule has 17 heavy (non-hydrogen) atoms. The molecule has 0 aromatic heterocycles. The van der Waals surface area contributed by atoms with Crippen LogP contribution in [-0.4, -0.2) is 11.3 Å². The number of aryl methyl sites for hydroxylation is 1. The summed E-state index contributed by atoms with van der Waals surface area (Å²) in [6.45, 7) is 1.83. The molecule has 0 aliphatic carbocycles. The largest absolute Gasteiger partial charge is 0.418 e. The summed E-state index contributed by atoms with van der Waals surface area (Å²) in [7, 11) is 0. The molecule has 2 aromatic rings. The number of rotatable bonds is 1. The van der Waals surface area contributed by atoms with Crippen molar-refractivity contribution < 1.29 is 18.3 Å². The van der Waals surface area contributed by atoms with Gasteiger partial charge in [-0.15, -0.1) is 0 Å². The highest BCUT2D eigenvalue weighted by atomic mass is 19.4. The van der Waals surface area contributed by atoms with Gasteiger partial charge in [-0.1, -0.05) is 36.4 Å². The van der Waals surface area contributed by atoms with Crippen LogP contribution in [0.5, 0.6) is 0 Å². The van der Waals surface area contributed by atoms with E-state index in [0.717, 1.165) is 10.9 Å². The van der Waals surface area contributed by atoms with Gasteiger partial charge in [0.1, 0.15) is 0 Å². The first-order valence-corrected chi connectivity index (χ1v) is 5.14. The standard InChI is InChI=1S/C13H11F3O/c1-8-6-7-11(12(17)13(14,15)16)10-5-3-2-4-9(8)10/h2-7,12,17H,1H3/t12-/m1/s1. The lowest BCUT2D eigenvalue weighted by Gasteiger charge is -2.17. The topological polar surface area (TPSA) is 20.2 Å². The molecule has 0 bridgehead atoms. The molecule has 0 fully saturated rings. The van der Waals surface area contributed by atoms with Crippen LogP contribution in [-0.2, 0) is 0 Å². The maximum Gasteiger partial charge on any atom is 0.418 e. The molecule has 0 radical (unpaired) electrons. The third-order valence-corrected chi connectivity index (χ3v) is 2.78. The second-order valence-electron chi connectivity index (χ2n) is 3.96. The average Bonchev–Trinajstić information content (AvgIpc) is 2.28. The summed E-state index contributed by atoms with van der Waals surface area (Å²) in [4.78, 5) is 0. The summed E-state index contributed by atoms with van der Waals surface area (Å²) < 4.78 is 37.5. The monoisotopic (exact) mass is 240 g/mol. The van der Waals surface area contributed by atoms with E-state index in [2.05, 4.69) is 0 Å². The van der Waals surface area contributed by atoms with Crippen molar-refractivity contribution in [2.45, 2.75) is 19.2 Å². The summed E-state index contributed by atoms with van der Waals surface area (Å²) in [6.07, 6.45) is -7.08. The van der Waals surface area contributed by atoms with Crippen LogP contribution in [0.2, 0.25) is 0 Å². The van der Waals surface area contributed by atoms with Crippen molar-refractivity contribution in [2.75, 3.05) is 0 Å². The fourth-order valence-electron chi connectivity index (χ4n) is 1.89. The minimum atomic E-state index is -4.64. The van der Waals surface area contributed by atoms with E-state index in [1.165, 1.54) is 6.07 Å². The first-order chi connectivity index (χ1) is 7.91. The van der Waals surface area contributed by atoms with E-state index < -0.39 is 12.3 Å². The number of hydrogen-bond acceptors (Lipinski definition) is 1. The van der Waals surface area contributed by atoms with E-state index in [1.807, 2.05) is 6.92 Å². The molecule has 0 amide bonds. The van der Waals surface area contributed by atoms with Crippen molar-refractivity contribution in [1.29, 1.82) is 0 Å². The van der Waals surface area contributed by atoms with Gasteiger partial charge in [0.2, 0.25) is 0 Å². The zero-order chi connectivity index (χ0) is 12.6. The lowest BCUT2D eigenvalue weighted by atomic mass is 9.97. The van der Waals surface area contributed by atoms with Crippen molar-refractivity contribution in [3.05, 3.63) is 47.5 Å². The molecule has 1 nitrogen and oxygen atoms in total. The van der Waals surface area contributed by atoms with Gasteiger partial charge in [0.25, 0.3) is 0 Å². The minimum absolute atomic E-state index is 0.0984. The van der Waals surface area contributed by atoms with Crippen molar-refractivity contribution >= 4 is 10.8 Å². The zero-order valence-corrected chi connectivity index (χ0v) is 9.12. The maximum absolute atomic E-state index is 12.5. The summed E-state index contributed by atoms with van der Waals surface area (Å²) in [5.41, 5.74) is 0.789. The molecule has 90 valence electrons. The highest BCUT2D eigenvalue weighted by molar-refractivity contribution is 5.88. The Morgan fingerprint density at radius 3 is 2.18 bits per heavy atom. The van der Waals surface area contributed by atoms with E-state index in [-0.39, 0.29) is 5.56 Å². The molecule has 0 saturated carbocycles. The highest BCUT2D eigenvalue weighted by Crippen LogP contribution is 2.36. The first-order valence-electron chi connectivity index (χ1n) is 5.14. The van der Waals surface area contributed by atoms with Gasteiger partial charge >= 0.3 is 6.18 Å². The zero-order valence-electron chi connectivity index (χ0n) is 9.12. The van der Waals surface area contributed by atoms with E-state index in [9.17, 15) is 18.3 Å². The molecule has 0 saturated heterocycles. The molecule has 0 unspecified atom stereocenters. The Labute approximate surface area is 96.5 Å².